The van der Waals surface area contributed by atoms with Crippen molar-refractivity contribution in [3.63, 3.8) is 0 Å². The Kier molecular flexibility index (Phi) is 2.30. The summed E-state index contributed by atoms with van der Waals surface area (Å²) in [5, 5.41) is 8.48. The second kappa shape index (κ2) is 3.51. The Hall–Kier alpha value is -2.05. The predicted molar refractivity (Wildman–Crippen MR) is 50.8 cm³/mol. The van der Waals surface area contributed by atoms with Gasteiger partial charge in [-0.1, -0.05) is 6.07 Å². The number of nitrogens with zero attached hydrogens (tertiary/aromatic N) is 1. The summed E-state index contributed by atoms with van der Waals surface area (Å²) in [4.78, 5) is 10.7. The third-order valence-electron chi connectivity index (χ3n) is 1.99. The molecule has 2 N–H and O–H groups in total. The minimum Gasteiger partial charge on any atom is -0.318 e. The molecule has 0 bridgehead atoms. The maximum atomic E-state index is 12.0. The first-order valence-corrected chi connectivity index (χ1v) is 4.29. The number of carbonyl (C=O) groups is 1. The van der Waals surface area contributed by atoms with Crippen LogP contribution in [-0.4, -0.2) is 22.3 Å². The molecule has 0 aliphatic carbocycles. The number of aromatic nitrogens is 2. The van der Waals surface area contributed by atoms with Gasteiger partial charge in [-0.05, 0) is 12.1 Å². The molecule has 84 valence electrons. The zero-order chi connectivity index (χ0) is 11.8. The minimum atomic E-state index is -4.90. The van der Waals surface area contributed by atoms with Gasteiger partial charge in [-0.15, -0.1) is 0 Å². The third-order valence-corrected chi connectivity index (χ3v) is 1.99. The third kappa shape index (κ3) is 1.83. The molecule has 0 unspecified atom stereocenters. The molecule has 7 heteroatoms. The maximum absolute atomic E-state index is 12.0. The summed E-state index contributed by atoms with van der Waals surface area (Å²) in [7, 11) is 0. The lowest BCUT2D eigenvalue weighted by Crippen LogP contribution is -2.29. The quantitative estimate of drug-likeness (QED) is 0.786. The first kappa shape index (κ1) is 10.5. The highest BCUT2D eigenvalue weighted by atomic mass is 19.4. The first-order valence-electron chi connectivity index (χ1n) is 4.29. The minimum absolute atomic E-state index is 0.0774. The van der Waals surface area contributed by atoms with Crippen LogP contribution in [0.4, 0.5) is 18.9 Å². The molecule has 1 aromatic heterocycles. The number of carbonyl (C=O) groups excluding carboxylic acids is 1. The highest BCUT2D eigenvalue weighted by molar-refractivity contribution is 6.02. The highest BCUT2D eigenvalue weighted by Crippen LogP contribution is 2.24. The number of halogens is 3. The monoisotopic (exact) mass is 229 g/mol. The number of nitrogens with one attached hydrogen (secondary N) is 2. The molecule has 0 fully saturated rings. The van der Waals surface area contributed by atoms with Crippen molar-refractivity contribution in [2.75, 3.05) is 5.32 Å². The number of aromatic amines is 1. The van der Waals surface area contributed by atoms with E-state index in [0.29, 0.717) is 10.9 Å². The van der Waals surface area contributed by atoms with Crippen LogP contribution < -0.4 is 5.32 Å². The van der Waals surface area contributed by atoms with Crippen LogP contribution in [0.5, 0.6) is 0 Å². The van der Waals surface area contributed by atoms with E-state index in [1.807, 2.05) is 0 Å². The van der Waals surface area contributed by atoms with Crippen molar-refractivity contribution in [3.8, 4) is 0 Å². The molecule has 0 atom stereocenters. The van der Waals surface area contributed by atoms with Crippen molar-refractivity contribution in [1.82, 2.24) is 10.2 Å². The lowest BCUT2D eigenvalue weighted by Gasteiger charge is -2.08. The van der Waals surface area contributed by atoms with E-state index >= 15 is 0 Å². The van der Waals surface area contributed by atoms with E-state index in [1.54, 1.807) is 11.4 Å². The predicted octanol–water partition coefficient (Wildman–Crippen LogP) is 2.06. The number of anilines is 1. The van der Waals surface area contributed by atoms with E-state index in [0.717, 1.165) is 0 Å². The van der Waals surface area contributed by atoms with Gasteiger partial charge < -0.3 is 5.32 Å². The largest absolute Gasteiger partial charge is 0.471 e. The fourth-order valence-corrected chi connectivity index (χ4v) is 1.27. The van der Waals surface area contributed by atoms with Crippen LogP contribution in [0, 0.1) is 0 Å². The van der Waals surface area contributed by atoms with Crippen molar-refractivity contribution >= 4 is 22.5 Å². The van der Waals surface area contributed by atoms with E-state index in [2.05, 4.69) is 10.2 Å². The van der Waals surface area contributed by atoms with E-state index in [4.69, 9.17) is 0 Å². The molecule has 0 saturated heterocycles. The van der Waals surface area contributed by atoms with Crippen molar-refractivity contribution in [3.05, 3.63) is 24.4 Å². The summed E-state index contributed by atoms with van der Waals surface area (Å²) < 4.78 is 36.1. The molecule has 0 aliphatic rings. The normalized spacial score (nSPS) is 11.7. The zero-order valence-corrected chi connectivity index (χ0v) is 7.80. The number of fused-ring (bicyclic) bond motifs is 1. The van der Waals surface area contributed by atoms with Gasteiger partial charge in [0.1, 0.15) is 0 Å². The van der Waals surface area contributed by atoms with Crippen LogP contribution in [-0.2, 0) is 4.79 Å². The van der Waals surface area contributed by atoms with Crippen molar-refractivity contribution in [2.45, 2.75) is 6.18 Å². The molecule has 2 rings (SSSR count). The van der Waals surface area contributed by atoms with Crippen molar-refractivity contribution in [1.29, 1.82) is 0 Å². The molecule has 4 nitrogen and oxygen atoms in total. The zero-order valence-electron chi connectivity index (χ0n) is 7.80. The number of H-pyrrole nitrogens is 1. The second-order valence-corrected chi connectivity index (χ2v) is 3.09. The number of hydrogen-bond acceptors (Lipinski definition) is 2. The summed E-state index contributed by atoms with van der Waals surface area (Å²) in [6.07, 6.45) is -3.55. The van der Waals surface area contributed by atoms with Crippen molar-refractivity contribution < 1.29 is 18.0 Å². The molecule has 1 amide bonds. The van der Waals surface area contributed by atoms with E-state index in [-0.39, 0.29) is 5.69 Å². The summed E-state index contributed by atoms with van der Waals surface area (Å²) in [5.74, 6) is -2.00. The molecule has 16 heavy (non-hydrogen) atoms. The Balaban J connectivity index is 2.35. The molecule has 0 radical (unpaired) electrons. The molecule has 0 spiro atoms. The number of hydrogen-bond donors (Lipinski definition) is 2. The van der Waals surface area contributed by atoms with Gasteiger partial charge >= 0.3 is 12.1 Å². The number of benzene rings is 1. The summed E-state index contributed by atoms with van der Waals surface area (Å²) in [5.41, 5.74) is 0.633. The van der Waals surface area contributed by atoms with Crippen LogP contribution in [0.25, 0.3) is 10.9 Å². The van der Waals surface area contributed by atoms with Crippen LogP contribution in [0.1, 0.15) is 0 Å². The SMILES string of the molecule is O=C(Nc1cccc2[nH]ncc12)C(F)(F)F. The fourth-order valence-electron chi connectivity index (χ4n) is 1.27. The summed E-state index contributed by atoms with van der Waals surface area (Å²) in [6.45, 7) is 0. The highest BCUT2D eigenvalue weighted by Gasteiger charge is 2.38. The average Bonchev–Trinajstić information content (AvgIpc) is 2.65. The Bertz CT molecular complexity index is 532. The van der Waals surface area contributed by atoms with Gasteiger partial charge in [0.05, 0.1) is 17.4 Å². The maximum Gasteiger partial charge on any atom is 0.471 e. The Morgan fingerprint density at radius 2 is 2.12 bits per heavy atom. The number of amides is 1. The second-order valence-electron chi connectivity index (χ2n) is 3.09. The molecule has 2 aromatic rings. The molecule has 0 saturated carbocycles. The summed E-state index contributed by atoms with van der Waals surface area (Å²) >= 11 is 0. The number of alkyl halides is 3. The Morgan fingerprint density at radius 1 is 1.38 bits per heavy atom. The van der Waals surface area contributed by atoms with Gasteiger partial charge in [0.25, 0.3) is 0 Å². The van der Waals surface area contributed by atoms with Crippen LogP contribution >= 0.6 is 0 Å². The van der Waals surface area contributed by atoms with Gasteiger partial charge in [-0.3, -0.25) is 9.89 Å². The van der Waals surface area contributed by atoms with Crippen LogP contribution in [0.15, 0.2) is 24.4 Å². The van der Waals surface area contributed by atoms with E-state index < -0.39 is 12.1 Å². The number of rotatable bonds is 1. The van der Waals surface area contributed by atoms with Crippen molar-refractivity contribution in [2.24, 2.45) is 0 Å². The fraction of sp³-hybridized carbons (Fsp3) is 0.111. The smallest absolute Gasteiger partial charge is 0.318 e. The average molecular weight is 229 g/mol. The molecular weight excluding hydrogens is 223 g/mol. The topological polar surface area (TPSA) is 57.8 Å². The lowest BCUT2D eigenvalue weighted by atomic mass is 10.2. The van der Waals surface area contributed by atoms with E-state index in [9.17, 15) is 18.0 Å². The molecule has 1 heterocycles. The first-order chi connectivity index (χ1) is 7.48. The van der Waals surface area contributed by atoms with Gasteiger partial charge in [-0.25, -0.2) is 0 Å². The molecular formula is C9H6F3N3O. The van der Waals surface area contributed by atoms with Crippen LogP contribution in [0.2, 0.25) is 0 Å². The Morgan fingerprint density at radius 3 is 2.81 bits per heavy atom. The molecule has 1 aromatic carbocycles. The summed E-state index contributed by atoms with van der Waals surface area (Å²) in [6, 6.07) is 4.54. The van der Waals surface area contributed by atoms with Gasteiger partial charge in [0.2, 0.25) is 0 Å². The molecule has 0 aliphatic heterocycles. The van der Waals surface area contributed by atoms with Gasteiger partial charge in [0.15, 0.2) is 0 Å². The Labute approximate surface area is 87.4 Å². The van der Waals surface area contributed by atoms with Gasteiger partial charge in [0, 0.05) is 5.39 Å². The lowest BCUT2D eigenvalue weighted by molar-refractivity contribution is -0.167. The van der Waals surface area contributed by atoms with Gasteiger partial charge in [-0.2, -0.15) is 18.3 Å². The standard InChI is InChI=1S/C9H6F3N3O/c10-9(11,12)8(16)14-6-2-1-3-7-5(6)4-13-15-7/h1-4H,(H,13,15)(H,14,16). The van der Waals surface area contributed by atoms with Crippen LogP contribution in [0.3, 0.4) is 0 Å². The van der Waals surface area contributed by atoms with E-state index in [1.165, 1.54) is 18.3 Å².